The molecule has 1 atom stereocenters. The number of aliphatic hydroxyl groups excluding tert-OH is 1. The molecule has 0 heterocycles. The predicted molar refractivity (Wildman–Crippen MR) is 75.9 cm³/mol. The maximum absolute atomic E-state index is 13.7. The molecule has 1 aromatic carbocycles. The Hall–Kier alpha value is -1.09. The number of ether oxygens (including phenoxy) is 1. The van der Waals surface area contributed by atoms with Crippen LogP contribution in [0.2, 0.25) is 0 Å². The van der Waals surface area contributed by atoms with Crippen molar-refractivity contribution in [3.63, 3.8) is 0 Å². The third-order valence-corrected chi connectivity index (χ3v) is 3.19. The van der Waals surface area contributed by atoms with E-state index in [9.17, 15) is 9.50 Å². The second-order valence-corrected chi connectivity index (χ2v) is 4.98. The van der Waals surface area contributed by atoms with Crippen LogP contribution in [0, 0.1) is 5.82 Å². The molecule has 0 amide bonds. The van der Waals surface area contributed by atoms with E-state index in [4.69, 9.17) is 4.74 Å². The van der Waals surface area contributed by atoms with Gasteiger partial charge in [-0.15, -0.1) is 0 Å². The fourth-order valence-corrected chi connectivity index (χ4v) is 1.96. The highest BCUT2D eigenvalue weighted by Crippen LogP contribution is 2.22. The number of benzene rings is 1. The van der Waals surface area contributed by atoms with E-state index in [1.54, 1.807) is 19.1 Å². The molecule has 2 nitrogen and oxygen atoms in total. The van der Waals surface area contributed by atoms with Crippen LogP contribution in [0.25, 0.3) is 0 Å². The molecule has 0 bridgehead atoms. The van der Waals surface area contributed by atoms with Crippen molar-refractivity contribution in [2.45, 2.75) is 58.5 Å². The average Bonchev–Trinajstić information content (AvgIpc) is 2.39. The number of halogens is 1. The van der Waals surface area contributed by atoms with Gasteiger partial charge in [-0.1, -0.05) is 45.1 Å². The second-order valence-electron chi connectivity index (χ2n) is 4.98. The van der Waals surface area contributed by atoms with Gasteiger partial charge in [0.05, 0.1) is 12.7 Å². The van der Waals surface area contributed by atoms with Crippen LogP contribution in [0.3, 0.4) is 0 Å². The highest BCUT2D eigenvalue weighted by Gasteiger charge is 2.07. The van der Waals surface area contributed by atoms with Crippen molar-refractivity contribution in [3.05, 3.63) is 29.6 Å². The normalized spacial score (nSPS) is 12.4. The van der Waals surface area contributed by atoms with Crippen molar-refractivity contribution in [3.8, 4) is 5.75 Å². The molecule has 0 radical (unpaired) electrons. The van der Waals surface area contributed by atoms with Gasteiger partial charge in [-0.2, -0.15) is 0 Å². The van der Waals surface area contributed by atoms with Gasteiger partial charge in [-0.3, -0.25) is 0 Å². The van der Waals surface area contributed by atoms with E-state index in [0.717, 1.165) is 12.8 Å². The molecule has 0 aromatic heterocycles. The molecule has 0 spiro atoms. The van der Waals surface area contributed by atoms with E-state index in [1.165, 1.54) is 31.7 Å². The highest BCUT2D eigenvalue weighted by atomic mass is 19.1. The minimum atomic E-state index is -0.651. The molecule has 1 unspecified atom stereocenters. The van der Waals surface area contributed by atoms with Gasteiger partial charge in [0.2, 0.25) is 0 Å². The zero-order valence-electron chi connectivity index (χ0n) is 12.0. The standard InChI is InChI=1S/C16H25FO2/c1-3-4-5-6-7-8-11-19-16-10-9-14(13(2)18)12-15(16)17/h9-10,12-13,18H,3-8,11H2,1-2H3. The first-order valence-electron chi connectivity index (χ1n) is 7.25. The number of hydrogen-bond acceptors (Lipinski definition) is 2. The molecule has 19 heavy (non-hydrogen) atoms. The second kappa shape index (κ2) is 8.92. The van der Waals surface area contributed by atoms with Gasteiger partial charge in [0.15, 0.2) is 11.6 Å². The van der Waals surface area contributed by atoms with Crippen molar-refractivity contribution in [2.24, 2.45) is 0 Å². The van der Waals surface area contributed by atoms with E-state index >= 15 is 0 Å². The lowest BCUT2D eigenvalue weighted by atomic mass is 10.1. The van der Waals surface area contributed by atoms with Crippen LogP contribution in [0.15, 0.2) is 18.2 Å². The van der Waals surface area contributed by atoms with Crippen LogP contribution in [0.5, 0.6) is 5.75 Å². The first-order chi connectivity index (χ1) is 9.15. The maximum Gasteiger partial charge on any atom is 0.165 e. The molecule has 3 heteroatoms. The van der Waals surface area contributed by atoms with Gasteiger partial charge < -0.3 is 9.84 Å². The molecule has 0 aliphatic rings. The number of unbranched alkanes of at least 4 members (excludes halogenated alkanes) is 5. The first kappa shape index (κ1) is 16.0. The van der Waals surface area contributed by atoms with E-state index in [2.05, 4.69) is 6.92 Å². The van der Waals surface area contributed by atoms with Gasteiger partial charge in [0.1, 0.15) is 0 Å². The van der Waals surface area contributed by atoms with Crippen LogP contribution in [-0.4, -0.2) is 11.7 Å². The average molecular weight is 268 g/mol. The fraction of sp³-hybridized carbons (Fsp3) is 0.625. The van der Waals surface area contributed by atoms with Crippen LogP contribution in [0.4, 0.5) is 4.39 Å². The van der Waals surface area contributed by atoms with E-state index < -0.39 is 11.9 Å². The zero-order valence-corrected chi connectivity index (χ0v) is 12.0. The van der Waals surface area contributed by atoms with Gasteiger partial charge in [0, 0.05) is 0 Å². The highest BCUT2D eigenvalue weighted by molar-refractivity contribution is 5.30. The van der Waals surface area contributed by atoms with Gasteiger partial charge in [-0.05, 0) is 31.0 Å². The lowest BCUT2D eigenvalue weighted by molar-refractivity contribution is 0.198. The molecule has 0 aliphatic heterocycles. The molecule has 0 fully saturated rings. The Morgan fingerprint density at radius 1 is 1.16 bits per heavy atom. The summed E-state index contributed by atoms with van der Waals surface area (Å²) in [7, 11) is 0. The van der Waals surface area contributed by atoms with Gasteiger partial charge in [0.25, 0.3) is 0 Å². The molecule has 1 aromatic rings. The van der Waals surface area contributed by atoms with Gasteiger partial charge in [-0.25, -0.2) is 4.39 Å². The first-order valence-corrected chi connectivity index (χ1v) is 7.25. The van der Waals surface area contributed by atoms with Crippen molar-refractivity contribution in [1.29, 1.82) is 0 Å². The number of hydrogen-bond donors (Lipinski definition) is 1. The lowest BCUT2D eigenvalue weighted by Gasteiger charge is -2.10. The van der Waals surface area contributed by atoms with Crippen LogP contribution in [0.1, 0.15) is 64.0 Å². The Balaban J connectivity index is 2.26. The summed E-state index contributed by atoms with van der Waals surface area (Å²) in [4.78, 5) is 0. The Bertz CT molecular complexity index is 364. The van der Waals surface area contributed by atoms with Crippen molar-refractivity contribution in [1.82, 2.24) is 0 Å². The van der Waals surface area contributed by atoms with E-state index in [-0.39, 0.29) is 5.75 Å². The summed E-state index contributed by atoms with van der Waals surface area (Å²) < 4.78 is 19.1. The molecule has 0 saturated heterocycles. The van der Waals surface area contributed by atoms with E-state index in [0.29, 0.717) is 12.2 Å². The predicted octanol–water partition coefficient (Wildman–Crippen LogP) is 4.62. The smallest absolute Gasteiger partial charge is 0.165 e. The summed E-state index contributed by atoms with van der Waals surface area (Å²) >= 11 is 0. The molecule has 0 saturated carbocycles. The largest absolute Gasteiger partial charge is 0.491 e. The summed E-state index contributed by atoms with van der Waals surface area (Å²) in [6.07, 6.45) is 6.47. The summed E-state index contributed by atoms with van der Waals surface area (Å²) in [6.45, 7) is 4.37. The molecule has 0 aliphatic carbocycles. The van der Waals surface area contributed by atoms with Crippen molar-refractivity contribution < 1.29 is 14.2 Å². The fourth-order valence-electron chi connectivity index (χ4n) is 1.96. The monoisotopic (exact) mass is 268 g/mol. The number of rotatable bonds is 9. The molecule has 108 valence electrons. The molecular formula is C16H25FO2. The van der Waals surface area contributed by atoms with Crippen molar-refractivity contribution in [2.75, 3.05) is 6.61 Å². The minimum absolute atomic E-state index is 0.276. The summed E-state index contributed by atoms with van der Waals surface area (Å²) in [5, 5.41) is 9.35. The van der Waals surface area contributed by atoms with Crippen molar-refractivity contribution >= 4 is 0 Å². The summed E-state index contributed by atoms with van der Waals surface area (Å²) in [5.41, 5.74) is 0.574. The Kier molecular flexibility index (Phi) is 7.49. The lowest BCUT2D eigenvalue weighted by Crippen LogP contribution is -2.00. The third kappa shape index (κ3) is 6.06. The zero-order chi connectivity index (χ0) is 14.1. The molecule has 1 N–H and O–H groups in total. The van der Waals surface area contributed by atoms with Crippen LogP contribution < -0.4 is 4.74 Å². The van der Waals surface area contributed by atoms with Crippen LogP contribution >= 0.6 is 0 Å². The quantitative estimate of drug-likeness (QED) is 0.662. The van der Waals surface area contributed by atoms with Crippen LogP contribution in [-0.2, 0) is 0 Å². The topological polar surface area (TPSA) is 29.5 Å². The summed E-state index contributed by atoms with van der Waals surface area (Å²) in [5.74, 6) is -0.123. The third-order valence-electron chi connectivity index (χ3n) is 3.19. The minimum Gasteiger partial charge on any atom is -0.491 e. The van der Waals surface area contributed by atoms with Gasteiger partial charge >= 0.3 is 0 Å². The Morgan fingerprint density at radius 3 is 2.47 bits per heavy atom. The SMILES string of the molecule is CCCCCCCCOc1ccc(C(C)O)cc1F. The Labute approximate surface area is 115 Å². The molecular weight excluding hydrogens is 243 g/mol. The maximum atomic E-state index is 13.7. The number of aliphatic hydroxyl groups is 1. The molecule has 1 rings (SSSR count). The van der Waals surface area contributed by atoms with E-state index in [1.807, 2.05) is 0 Å². The Morgan fingerprint density at radius 2 is 1.84 bits per heavy atom. The summed E-state index contributed by atoms with van der Waals surface area (Å²) in [6, 6.07) is 4.63.